The van der Waals surface area contributed by atoms with Crippen LogP contribution >= 0.6 is 0 Å². The molecule has 1 aromatic rings. The molecule has 3 rings (SSSR count). The molecule has 2 N–H and O–H groups in total. The third-order valence-electron chi connectivity index (χ3n) is 5.89. The quantitative estimate of drug-likeness (QED) is 0.577. The highest BCUT2D eigenvalue weighted by Crippen LogP contribution is 2.37. The van der Waals surface area contributed by atoms with Crippen molar-refractivity contribution in [1.82, 2.24) is 4.90 Å². The topological polar surface area (TPSA) is 49.6 Å². The molecular formula is C21H31F4N3O. The van der Waals surface area contributed by atoms with Crippen LogP contribution < -0.4 is 10.6 Å². The second kappa shape index (κ2) is 11.4. The summed E-state index contributed by atoms with van der Waals surface area (Å²) in [7, 11) is 0. The van der Waals surface area contributed by atoms with Gasteiger partial charge in [-0.25, -0.2) is 4.39 Å². The molecule has 8 heteroatoms. The molecule has 1 saturated heterocycles. The van der Waals surface area contributed by atoms with Gasteiger partial charge in [0.1, 0.15) is 5.82 Å². The first kappa shape index (κ1) is 23.4. The number of hydrogen-bond donors (Lipinski definition) is 1. The molecule has 29 heavy (non-hydrogen) atoms. The number of anilines is 1. The lowest BCUT2D eigenvalue weighted by atomic mass is 9.79. The number of piperazine rings is 1. The summed E-state index contributed by atoms with van der Waals surface area (Å²) in [5, 5.41) is 0. The largest absolute Gasteiger partial charge is 0.389 e. The van der Waals surface area contributed by atoms with Crippen molar-refractivity contribution in [2.75, 3.05) is 37.6 Å². The molecule has 1 aliphatic heterocycles. The molecule has 2 fully saturated rings. The zero-order chi connectivity index (χ0) is 21.3. The number of hydrogen-bond acceptors (Lipinski definition) is 3. The highest BCUT2D eigenvalue weighted by atomic mass is 19.4. The maximum atomic E-state index is 13.3. The highest BCUT2D eigenvalue weighted by molar-refractivity contribution is 5.46. The molecule has 1 aromatic carbocycles. The molecule has 4 nitrogen and oxygen atoms in total. The Hall–Kier alpha value is -1.83. The first-order valence-corrected chi connectivity index (χ1v) is 10.3. The van der Waals surface area contributed by atoms with E-state index in [9.17, 15) is 17.6 Å². The van der Waals surface area contributed by atoms with E-state index in [2.05, 4.69) is 15.5 Å². The van der Waals surface area contributed by atoms with Crippen molar-refractivity contribution in [3.8, 4) is 0 Å². The minimum absolute atomic E-state index is 0.166. The van der Waals surface area contributed by atoms with E-state index in [4.69, 9.17) is 4.79 Å². The number of alkyl halides is 3. The molecule has 1 aliphatic carbocycles. The van der Waals surface area contributed by atoms with Gasteiger partial charge in [-0.2, -0.15) is 13.2 Å². The Balaban J connectivity index is 0.000000941. The Morgan fingerprint density at radius 3 is 2.17 bits per heavy atom. The van der Waals surface area contributed by atoms with Crippen LogP contribution in [-0.2, 0) is 4.79 Å². The molecule has 0 atom stereocenters. The molecule has 0 radical (unpaired) electrons. The number of halogens is 4. The van der Waals surface area contributed by atoms with E-state index >= 15 is 0 Å². The van der Waals surface area contributed by atoms with Crippen molar-refractivity contribution in [3.63, 3.8) is 0 Å². The molecule has 0 unspecified atom stereocenters. The average Bonchev–Trinajstić information content (AvgIpc) is 2.67. The number of primary amides is 1. The van der Waals surface area contributed by atoms with Gasteiger partial charge < -0.3 is 10.6 Å². The maximum Gasteiger partial charge on any atom is 0.389 e. The summed E-state index contributed by atoms with van der Waals surface area (Å²) in [6.45, 7) is 4.72. The normalized spacial score (nSPS) is 23.2. The van der Waals surface area contributed by atoms with E-state index in [0.717, 1.165) is 70.5 Å². The summed E-state index contributed by atoms with van der Waals surface area (Å²) >= 11 is 0. The smallest absolute Gasteiger partial charge is 0.372 e. The Morgan fingerprint density at radius 1 is 1.03 bits per heavy atom. The Morgan fingerprint density at radius 2 is 1.62 bits per heavy atom. The van der Waals surface area contributed by atoms with Crippen LogP contribution in [0.3, 0.4) is 0 Å². The predicted molar refractivity (Wildman–Crippen MR) is 106 cm³/mol. The molecule has 1 amide bonds. The summed E-state index contributed by atoms with van der Waals surface area (Å²) in [6, 6.07) is 6.72. The van der Waals surface area contributed by atoms with Gasteiger partial charge in [-0.15, -0.1) is 0 Å². The third kappa shape index (κ3) is 8.60. The van der Waals surface area contributed by atoms with Gasteiger partial charge in [-0.1, -0.05) is 18.9 Å². The maximum absolute atomic E-state index is 13.3. The van der Waals surface area contributed by atoms with Crippen molar-refractivity contribution in [2.45, 2.75) is 44.7 Å². The van der Waals surface area contributed by atoms with Crippen LogP contribution in [0.2, 0.25) is 0 Å². The SMILES string of the molecule is Fc1cccc(N2CCN(CCC3CCC(CC(F)(F)F)CC3)CC2)c1.NC=O. The second-order valence-corrected chi connectivity index (χ2v) is 7.94. The Kier molecular flexibility index (Phi) is 9.20. The molecule has 164 valence electrons. The van der Waals surface area contributed by atoms with Crippen LogP contribution in [0.5, 0.6) is 0 Å². The van der Waals surface area contributed by atoms with Crippen molar-refractivity contribution < 1.29 is 22.4 Å². The van der Waals surface area contributed by atoms with Gasteiger partial charge in [-0.3, -0.25) is 9.69 Å². The summed E-state index contributed by atoms with van der Waals surface area (Å²) in [4.78, 5) is 13.2. The first-order chi connectivity index (χ1) is 13.8. The number of carbonyl (C=O) groups is 1. The van der Waals surface area contributed by atoms with Gasteiger partial charge in [-0.05, 0) is 55.8 Å². The number of nitrogens with two attached hydrogens (primary N) is 1. The van der Waals surface area contributed by atoms with Gasteiger partial charge in [0, 0.05) is 38.3 Å². The van der Waals surface area contributed by atoms with Crippen molar-refractivity contribution in [1.29, 1.82) is 0 Å². The number of carbonyl (C=O) groups excluding carboxylic acids is 1. The van der Waals surface area contributed by atoms with Gasteiger partial charge in [0.05, 0.1) is 0 Å². The van der Waals surface area contributed by atoms with E-state index in [-0.39, 0.29) is 18.1 Å². The summed E-state index contributed by atoms with van der Waals surface area (Å²) in [5.41, 5.74) is 5.10. The molecular weight excluding hydrogens is 386 g/mol. The van der Waals surface area contributed by atoms with E-state index in [0.29, 0.717) is 5.92 Å². The lowest BCUT2D eigenvalue weighted by molar-refractivity contribution is -0.147. The monoisotopic (exact) mass is 417 g/mol. The molecule has 1 heterocycles. The standard InChI is InChI=1S/C20H28F4N2.CH3NO/c21-18-2-1-3-19(14-18)26-12-10-25(11-13-26)9-8-16-4-6-17(7-5-16)15-20(22,23)24;2-1-3/h1-3,14,16-17H,4-13,15H2;1H,(H2,2,3). The lowest BCUT2D eigenvalue weighted by Crippen LogP contribution is -2.47. The zero-order valence-electron chi connectivity index (χ0n) is 16.7. The Labute approximate surface area is 170 Å². The lowest BCUT2D eigenvalue weighted by Gasteiger charge is -2.37. The van der Waals surface area contributed by atoms with Gasteiger partial charge in [0.15, 0.2) is 0 Å². The summed E-state index contributed by atoms with van der Waals surface area (Å²) < 4.78 is 50.8. The first-order valence-electron chi connectivity index (χ1n) is 10.3. The van der Waals surface area contributed by atoms with E-state index < -0.39 is 12.6 Å². The Bertz CT molecular complexity index is 610. The van der Waals surface area contributed by atoms with Gasteiger partial charge in [0.25, 0.3) is 0 Å². The van der Waals surface area contributed by atoms with Crippen molar-refractivity contribution in [3.05, 3.63) is 30.1 Å². The van der Waals surface area contributed by atoms with Crippen molar-refractivity contribution in [2.24, 2.45) is 17.6 Å². The summed E-state index contributed by atoms with van der Waals surface area (Å²) in [6.07, 6.45) is 0.0162. The fourth-order valence-electron chi connectivity index (χ4n) is 4.32. The number of benzene rings is 1. The second-order valence-electron chi connectivity index (χ2n) is 7.94. The minimum Gasteiger partial charge on any atom is -0.372 e. The molecule has 0 spiro atoms. The van der Waals surface area contributed by atoms with E-state index in [1.807, 2.05) is 6.07 Å². The number of amides is 1. The number of nitrogens with zero attached hydrogens (tertiary/aromatic N) is 2. The van der Waals surface area contributed by atoms with E-state index in [1.54, 1.807) is 12.1 Å². The van der Waals surface area contributed by atoms with Crippen LogP contribution in [0.4, 0.5) is 23.2 Å². The summed E-state index contributed by atoms with van der Waals surface area (Å²) in [5.74, 6) is 0.202. The fourth-order valence-corrected chi connectivity index (χ4v) is 4.32. The third-order valence-corrected chi connectivity index (χ3v) is 5.89. The zero-order valence-corrected chi connectivity index (χ0v) is 16.7. The fraction of sp³-hybridized carbons (Fsp3) is 0.667. The highest BCUT2D eigenvalue weighted by Gasteiger charge is 2.33. The van der Waals surface area contributed by atoms with Crippen LogP contribution in [0.25, 0.3) is 0 Å². The molecule has 0 aromatic heterocycles. The van der Waals surface area contributed by atoms with Crippen LogP contribution in [0, 0.1) is 17.7 Å². The number of rotatable bonds is 5. The average molecular weight is 417 g/mol. The molecule has 2 aliphatic rings. The van der Waals surface area contributed by atoms with Crippen molar-refractivity contribution >= 4 is 12.1 Å². The van der Waals surface area contributed by atoms with Crippen LogP contribution in [0.15, 0.2) is 24.3 Å². The minimum atomic E-state index is -4.02. The van der Waals surface area contributed by atoms with Crippen LogP contribution in [0.1, 0.15) is 38.5 Å². The van der Waals surface area contributed by atoms with Crippen LogP contribution in [-0.4, -0.2) is 50.2 Å². The van der Waals surface area contributed by atoms with Gasteiger partial charge >= 0.3 is 6.18 Å². The molecule has 0 bridgehead atoms. The molecule has 1 saturated carbocycles. The van der Waals surface area contributed by atoms with Gasteiger partial charge in [0.2, 0.25) is 6.41 Å². The predicted octanol–water partition coefficient (Wildman–Crippen LogP) is 4.20. The van der Waals surface area contributed by atoms with E-state index in [1.165, 1.54) is 6.07 Å².